The van der Waals surface area contributed by atoms with E-state index in [4.69, 9.17) is 4.74 Å². The highest BCUT2D eigenvalue weighted by atomic mass is 16.5. The fourth-order valence-corrected chi connectivity index (χ4v) is 5.10. The van der Waals surface area contributed by atoms with Gasteiger partial charge in [-0.15, -0.1) is 0 Å². The quantitative estimate of drug-likeness (QED) is 0.626. The van der Waals surface area contributed by atoms with Crippen molar-refractivity contribution in [3.8, 4) is 5.75 Å². The smallest absolute Gasteiger partial charge is 0.224 e. The maximum Gasteiger partial charge on any atom is 0.224 e. The van der Waals surface area contributed by atoms with Crippen molar-refractivity contribution in [2.75, 3.05) is 39.8 Å². The number of amides is 1. The molecule has 4 rings (SSSR count). The Morgan fingerprint density at radius 2 is 2.12 bits per heavy atom. The standard InChI is InChI=1S/C25H38N6O2/c1-19-6-7-23(14-28-19)33-18-20-13-21(16-31(15-20)17-24-26-10-12-30(24)3)25(32)27-9-8-22-5-4-11-29(22)2/h6-7,10,12,14,20-22H,4-5,8-9,11,13,15-18H2,1-3H3,(H,27,32)/t20-,21+,22+/m0/s1. The number of hydrogen-bond acceptors (Lipinski definition) is 6. The third kappa shape index (κ3) is 6.54. The number of rotatable bonds is 9. The molecule has 0 aromatic carbocycles. The van der Waals surface area contributed by atoms with Crippen molar-refractivity contribution in [2.45, 2.75) is 45.2 Å². The third-order valence-corrected chi connectivity index (χ3v) is 7.09. The molecular formula is C25H38N6O2. The van der Waals surface area contributed by atoms with Crippen molar-refractivity contribution >= 4 is 5.91 Å². The molecule has 1 amide bonds. The van der Waals surface area contributed by atoms with E-state index in [2.05, 4.69) is 32.1 Å². The van der Waals surface area contributed by atoms with Gasteiger partial charge in [0.2, 0.25) is 5.91 Å². The molecule has 1 N–H and O–H groups in total. The molecular weight excluding hydrogens is 416 g/mol. The van der Waals surface area contributed by atoms with Gasteiger partial charge >= 0.3 is 0 Å². The van der Waals surface area contributed by atoms with Gasteiger partial charge < -0.3 is 19.5 Å². The SMILES string of the molecule is Cc1ccc(OC[C@H]2C[C@@H](C(=O)NCC[C@H]3CCCN3C)CN(Cc3nccn3C)C2)cn1. The zero-order valence-corrected chi connectivity index (χ0v) is 20.2. The molecule has 0 saturated carbocycles. The van der Waals surface area contributed by atoms with E-state index in [1.807, 2.05) is 43.1 Å². The number of aryl methyl sites for hydroxylation is 2. The van der Waals surface area contributed by atoms with Crippen molar-refractivity contribution in [1.82, 2.24) is 29.7 Å². The highest BCUT2D eigenvalue weighted by Gasteiger charge is 2.32. The minimum atomic E-state index is -0.0370. The topological polar surface area (TPSA) is 75.5 Å². The summed E-state index contributed by atoms with van der Waals surface area (Å²) in [5, 5.41) is 3.23. The second kappa shape index (κ2) is 11.1. The van der Waals surface area contributed by atoms with Crippen LogP contribution >= 0.6 is 0 Å². The van der Waals surface area contributed by atoms with Crippen LogP contribution in [0.3, 0.4) is 0 Å². The van der Waals surface area contributed by atoms with Crippen LogP contribution in [0.25, 0.3) is 0 Å². The fourth-order valence-electron chi connectivity index (χ4n) is 5.10. The summed E-state index contributed by atoms with van der Waals surface area (Å²) in [6.45, 7) is 6.85. The van der Waals surface area contributed by atoms with Crippen LogP contribution in [0, 0.1) is 18.8 Å². The first-order valence-corrected chi connectivity index (χ1v) is 12.2. The number of carbonyl (C=O) groups is 1. The predicted molar refractivity (Wildman–Crippen MR) is 128 cm³/mol. The molecule has 0 aliphatic carbocycles. The lowest BCUT2D eigenvalue weighted by Crippen LogP contribution is -2.48. The summed E-state index contributed by atoms with van der Waals surface area (Å²) in [6.07, 6.45) is 9.93. The molecule has 180 valence electrons. The summed E-state index contributed by atoms with van der Waals surface area (Å²) in [7, 11) is 4.20. The largest absolute Gasteiger partial charge is 0.492 e. The number of hydrogen-bond donors (Lipinski definition) is 1. The van der Waals surface area contributed by atoms with Crippen molar-refractivity contribution < 1.29 is 9.53 Å². The number of piperidine rings is 1. The van der Waals surface area contributed by atoms with Gasteiger partial charge in [-0.1, -0.05) is 0 Å². The summed E-state index contributed by atoms with van der Waals surface area (Å²) < 4.78 is 8.10. The van der Waals surface area contributed by atoms with Crippen LogP contribution in [0.5, 0.6) is 5.75 Å². The Morgan fingerprint density at radius 3 is 2.82 bits per heavy atom. The van der Waals surface area contributed by atoms with Crippen molar-refractivity contribution in [3.63, 3.8) is 0 Å². The summed E-state index contributed by atoms with van der Waals surface area (Å²) in [5.41, 5.74) is 0.974. The number of nitrogens with one attached hydrogen (secondary N) is 1. The second-order valence-electron chi connectivity index (χ2n) is 9.75. The molecule has 3 atom stereocenters. The van der Waals surface area contributed by atoms with Crippen molar-refractivity contribution in [1.29, 1.82) is 0 Å². The van der Waals surface area contributed by atoms with Crippen LogP contribution < -0.4 is 10.1 Å². The maximum absolute atomic E-state index is 13.1. The average Bonchev–Trinajstić information content (AvgIpc) is 3.41. The van der Waals surface area contributed by atoms with Crippen LogP contribution in [-0.2, 0) is 18.4 Å². The van der Waals surface area contributed by atoms with E-state index in [1.54, 1.807) is 6.20 Å². The summed E-state index contributed by atoms with van der Waals surface area (Å²) >= 11 is 0. The molecule has 2 aliphatic rings. The molecule has 33 heavy (non-hydrogen) atoms. The van der Waals surface area contributed by atoms with Crippen LogP contribution in [0.1, 0.15) is 37.2 Å². The lowest BCUT2D eigenvalue weighted by atomic mass is 9.88. The highest BCUT2D eigenvalue weighted by Crippen LogP contribution is 2.25. The Morgan fingerprint density at radius 1 is 1.24 bits per heavy atom. The molecule has 2 aromatic rings. The van der Waals surface area contributed by atoms with Crippen LogP contribution in [0.2, 0.25) is 0 Å². The van der Waals surface area contributed by atoms with E-state index in [0.29, 0.717) is 12.6 Å². The zero-order valence-electron chi connectivity index (χ0n) is 20.2. The van der Waals surface area contributed by atoms with Gasteiger partial charge in [0.05, 0.1) is 25.3 Å². The lowest BCUT2D eigenvalue weighted by Gasteiger charge is -2.37. The van der Waals surface area contributed by atoms with Gasteiger partial charge in [-0.05, 0) is 58.3 Å². The maximum atomic E-state index is 13.1. The van der Waals surface area contributed by atoms with Gasteiger partial charge in [0.25, 0.3) is 0 Å². The first-order chi connectivity index (χ1) is 16.0. The highest BCUT2D eigenvalue weighted by molar-refractivity contribution is 5.79. The van der Waals surface area contributed by atoms with E-state index in [-0.39, 0.29) is 17.7 Å². The Bertz CT molecular complexity index is 899. The molecule has 0 unspecified atom stereocenters. The fraction of sp³-hybridized carbons (Fsp3) is 0.640. The number of aromatic nitrogens is 3. The molecule has 8 heteroatoms. The minimum Gasteiger partial charge on any atom is -0.492 e. The molecule has 2 aromatic heterocycles. The molecule has 0 radical (unpaired) electrons. The van der Waals surface area contributed by atoms with Gasteiger partial charge in [0.15, 0.2) is 0 Å². The van der Waals surface area contributed by atoms with Gasteiger partial charge in [-0.3, -0.25) is 14.7 Å². The molecule has 2 fully saturated rings. The van der Waals surface area contributed by atoms with Crippen LogP contribution in [-0.4, -0.2) is 76.1 Å². The van der Waals surface area contributed by atoms with E-state index >= 15 is 0 Å². The molecule has 0 spiro atoms. The minimum absolute atomic E-state index is 0.0370. The van der Waals surface area contributed by atoms with Gasteiger partial charge in [0, 0.05) is 56.7 Å². The monoisotopic (exact) mass is 454 g/mol. The van der Waals surface area contributed by atoms with E-state index in [9.17, 15) is 4.79 Å². The second-order valence-corrected chi connectivity index (χ2v) is 9.75. The van der Waals surface area contributed by atoms with Crippen LogP contribution in [0.15, 0.2) is 30.7 Å². The van der Waals surface area contributed by atoms with Crippen molar-refractivity contribution in [2.24, 2.45) is 18.9 Å². The summed E-state index contributed by atoms with van der Waals surface area (Å²) in [6, 6.07) is 4.52. The molecule has 4 heterocycles. The van der Waals surface area contributed by atoms with Gasteiger partial charge in [0.1, 0.15) is 11.6 Å². The normalized spacial score (nSPS) is 24.2. The number of pyridine rings is 1. The molecule has 2 aliphatic heterocycles. The van der Waals surface area contributed by atoms with E-state index < -0.39 is 0 Å². The number of likely N-dealkylation sites (tertiary alicyclic amines) is 2. The molecule has 8 nitrogen and oxygen atoms in total. The lowest BCUT2D eigenvalue weighted by molar-refractivity contribution is -0.127. The Balaban J connectivity index is 1.34. The molecule has 0 bridgehead atoms. The zero-order chi connectivity index (χ0) is 23.2. The Hall–Kier alpha value is -2.45. The third-order valence-electron chi connectivity index (χ3n) is 7.09. The Kier molecular flexibility index (Phi) is 7.98. The number of imidazole rings is 1. The number of carbonyl (C=O) groups excluding carboxylic acids is 1. The van der Waals surface area contributed by atoms with E-state index in [1.165, 1.54) is 19.4 Å². The predicted octanol–water partition coefficient (Wildman–Crippen LogP) is 2.24. The number of ether oxygens (including phenoxy) is 1. The molecule has 2 saturated heterocycles. The van der Waals surface area contributed by atoms with Crippen molar-refractivity contribution in [3.05, 3.63) is 42.2 Å². The summed E-state index contributed by atoms with van der Waals surface area (Å²) in [4.78, 5) is 26.7. The van der Waals surface area contributed by atoms with Crippen LogP contribution in [0.4, 0.5) is 0 Å². The average molecular weight is 455 g/mol. The first-order valence-electron chi connectivity index (χ1n) is 12.2. The first kappa shape index (κ1) is 23.7. The summed E-state index contributed by atoms with van der Waals surface area (Å²) in [5.74, 6) is 2.20. The Labute approximate surface area is 197 Å². The number of nitrogens with zero attached hydrogens (tertiary/aromatic N) is 5. The van der Waals surface area contributed by atoms with Gasteiger partial charge in [-0.2, -0.15) is 0 Å². The van der Waals surface area contributed by atoms with E-state index in [0.717, 1.165) is 56.3 Å². The van der Waals surface area contributed by atoms with Gasteiger partial charge in [-0.25, -0.2) is 4.98 Å².